The fourth-order valence-corrected chi connectivity index (χ4v) is 3.50. The minimum atomic E-state index is -0.339. The van der Waals surface area contributed by atoms with Crippen molar-refractivity contribution in [2.75, 3.05) is 13.2 Å². The maximum atomic E-state index is 12.5. The lowest BCUT2D eigenvalue weighted by molar-refractivity contribution is -0.0639. The monoisotopic (exact) mass is 341 g/mol. The van der Waals surface area contributed by atoms with Crippen LogP contribution in [0.1, 0.15) is 41.4 Å². The maximum Gasteiger partial charge on any atom is 0.272 e. The predicted octanol–water partition coefficient (Wildman–Crippen LogP) is 1.57. The van der Waals surface area contributed by atoms with Crippen LogP contribution in [0.3, 0.4) is 0 Å². The Bertz CT molecular complexity index is 822. The molecule has 1 unspecified atom stereocenters. The number of ether oxygens (including phenoxy) is 2. The number of aromatic amines is 1. The average Bonchev–Trinajstić information content (AvgIpc) is 2.63. The minimum Gasteiger partial charge on any atom is -0.487 e. The molecule has 2 N–H and O–H groups in total. The molecule has 1 aromatic carbocycles. The quantitative estimate of drug-likeness (QED) is 0.865. The molecule has 7 heteroatoms. The van der Waals surface area contributed by atoms with Crippen LogP contribution in [0.15, 0.2) is 41.2 Å². The van der Waals surface area contributed by atoms with Gasteiger partial charge in [-0.25, -0.2) is 5.10 Å². The minimum absolute atomic E-state index is 0.177. The molecule has 130 valence electrons. The van der Waals surface area contributed by atoms with Crippen molar-refractivity contribution in [1.82, 2.24) is 15.5 Å². The van der Waals surface area contributed by atoms with E-state index < -0.39 is 0 Å². The number of amides is 1. The number of fused-ring (bicyclic) bond motifs is 1. The molecule has 0 saturated carbocycles. The number of benzene rings is 1. The number of carbonyl (C=O) groups excluding carboxylic acids is 1. The molecular weight excluding hydrogens is 322 g/mol. The van der Waals surface area contributed by atoms with E-state index in [9.17, 15) is 9.59 Å². The topological polar surface area (TPSA) is 93.3 Å². The van der Waals surface area contributed by atoms with Crippen molar-refractivity contribution in [2.24, 2.45) is 0 Å². The third-order valence-corrected chi connectivity index (χ3v) is 4.82. The van der Waals surface area contributed by atoms with Gasteiger partial charge in [-0.15, -0.1) is 0 Å². The highest BCUT2D eigenvalue weighted by molar-refractivity contribution is 5.92. The molecule has 2 aliphatic heterocycles. The maximum absolute atomic E-state index is 12.5. The Kier molecular flexibility index (Phi) is 4.01. The van der Waals surface area contributed by atoms with E-state index in [1.807, 2.05) is 24.3 Å². The summed E-state index contributed by atoms with van der Waals surface area (Å²) < 4.78 is 11.8. The van der Waals surface area contributed by atoms with E-state index in [1.54, 1.807) is 0 Å². The van der Waals surface area contributed by atoms with Gasteiger partial charge in [-0.2, -0.15) is 5.10 Å². The molecule has 3 heterocycles. The number of aromatic nitrogens is 2. The Morgan fingerprint density at radius 2 is 2.00 bits per heavy atom. The summed E-state index contributed by atoms with van der Waals surface area (Å²) in [5.41, 5.74) is 0.485. The lowest BCUT2D eigenvalue weighted by atomic mass is 9.82. The molecule has 25 heavy (non-hydrogen) atoms. The van der Waals surface area contributed by atoms with Crippen molar-refractivity contribution in [2.45, 2.75) is 30.9 Å². The summed E-state index contributed by atoms with van der Waals surface area (Å²) in [6, 6.07) is 10.3. The first-order valence-corrected chi connectivity index (χ1v) is 8.38. The highest BCUT2D eigenvalue weighted by Gasteiger charge is 2.42. The Labute approximate surface area is 144 Å². The summed E-state index contributed by atoms with van der Waals surface area (Å²) in [6.45, 7) is 1.31. The van der Waals surface area contributed by atoms with Crippen molar-refractivity contribution in [3.8, 4) is 5.75 Å². The van der Waals surface area contributed by atoms with Crippen molar-refractivity contribution in [3.05, 3.63) is 58.0 Å². The second-order valence-electron chi connectivity index (χ2n) is 6.47. The Hall–Kier alpha value is -2.67. The molecule has 1 aromatic heterocycles. The zero-order valence-corrected chi connectivity index (χ0v) is 13.7. The van der Waals surface area contributed by atoms with Crippen molar-refractivity contribution < 1.29 is 14.3 Å². The van der Waals surface area contributed by atoms with Gasteiger partial charge in [0.1, 0.15) is 17.0 Å². The Morgan fingerprint density at radius 3 is 2.76 bits per heavy atom. The van der Waals surface area contributed by atoms with Gasteiger partial charge in [0.05, 0.1) is 19.3 Å². The molecule has 1 saturated heterocycles. The smallest absolute Gasteiger partial charge is 0.272 e. The molecule has 1 spiro atoms. The van der Waals surface area contributed by atoms with Gasteiger partial charge < -0.3 is 14.8 Å². The molecule has 0 bridgehead atoms. The van der Waals surface area contributed by atoms with Crippen molar-refractivity contribution >= 4 is 5.91 Å². The Balaban J connectivity index is 1.61. The second kappa shape index (κ2) is 6.33. The molecule has 2 aromatic rings. The average molecular weight is 341 g/mol. The third-order valence-electron chi connectivity index (χ3n) is 4.82. The fraction of sp³-hybridized carbons (Fsp3) is 0.389. The number of hydrogen-bond acceptors (Lipinski definition) is 5. The largest absolute Gasteiger partial charge is 0.487 e. The van der Waals surface area contributed by atoms with Gasteiger partial charge in [-0.3, -0.25) is 9.59 Å². The lowest BCUT2D eigenvalue weighted by Crippen LogP contribution is -2.48. The van der Waals surface area contributed by atoms with Gasteiger partial charge in [-0.05, 0) is 12.1 Å². The van der Waals surface area contributed by atoms with E-state index in [4.69, 9.17) is 9.47 Å². The highest BCUT2D eigenvalue weighted by atomic mass is 16.5. The highest BCUT2D eigenvalue weighted by Crippen LogP contribution is 2.43. The standard InChI is InChI=1S/C18H19N3O4/c22-16-6-5-13(20-21-16)17(23)19-14-11-18(7-9-24-10-8-18)25-15-4-2-1-3-12(14)15/h1-6,14H,7-11H2,(H,19,23)(H,21,22). The fourth-order valence-electron chi connectivity index (χ4n) is 3.50. The zero-order chi connectivity index (χ0) is 17.3. The van der Waals surface area contributed by atoms with E-state index in [1.165, 1.54) is 12.1 Å². The second-order valence-corrected chi connectivity index (χ2v) is 6.47. The normalized spacial score (nSPS) is 21.2. The van der Waals surface area contributed by atoms with Gasteiger partial charge in [0, 0.05) is 30.9 Å². The molecular formula is C18H19N3O4. The van der Waals surface area contributed by atoms with Gasteiger partial charge in [0.15, 0.2) is 0 Å². The summed E-state index contributed by atoms with van der Waals surface area (Å²) in [5, 5.41) is 9.13. The van der Waals surface area contributed by atoms with Crippen LogP contribution in [0.5, 0.6) is 5.75 Å². The third kappa shape index (κ3) is 3.15. The van der Waals surface area contributed by atoms with Crippen molar-refractivity contribution in [1.29, 1.82) is 0 Å². The first-order valence-electron chi connectivity index (χ1n) is 8.38. The molecule has 1 atom stereocenters. The van der Waals surface area contributed by atoms with Gasteiger partial charge in [-0.1, -0.05) is 18.2 Å². The van der Waals surface area contributed by atoms with E-state index in [0.717, 1.165) is 24.2 Å². The van der Waals surface area contributed by atoms with Crippen LogP contribution in [0.25, 0.3) is 0 Å². The Morgan fingerprint density at radius 1 is 1.20 bits per heavy atom. The number of rotatable bonds is 2. The summed E-state index contributed by atoms with van der Waals surface area (Å²) in [4.78, 5) is 23.7. The molecule has 1 amide bonds. The molecule has 7 nitrogen and oxygen atoms in total. The van der Waals surface area contributed by atoms with Crippen molar-refractivity contribution in [3.63, 3.8) is 0 Å². The number of nitrogens with zero attached hydrogens (tertiary/aromatic N) is 1. The zero-order valence-electron chi connectivity index (χ0n) is 13.7. The van der Waals surface area contributed by atoms with Crippen LogP contribution in [0.2, 0.25) is 0 Å². The summed E-state index contributed by atoms with van der Waals surface area (Å²) >= 11 is 0. The van der Waals surface area contributed by atoms with Crippen LogP contribution in [-0.2, 0) is 4.74 Å². The van der Waals surface area contributed by atoms with Crippen LogP contribution in [-0.4, -0.2) is 34.9 Å². The molecule has 1 fully saturated rings. The molecule has 0 radical (unpaired) electrons. The molecule has 0 aliphatic carbocycles. The summed E-state index contributed by atoms with van der Waals surface area (Å²) in [6.07, 6.45) is 2.28. The molecule has 2 aliphatic rings. The van der Waals surface area contributed by atoms with Crippen LogP contribution in [0, 0.1) is 0 Å². The predicted molar refractivity (Wildman–Crippen MR) is 89.5 cm³/mol. The number of carbonyl (C=O) groups is 1. The lowest BCUT2D eigenvalue weighted by Gasteiger charge is -2.44. The van der Waals surface area contributed by atoms with Gasteiger partial charge in [0.25, 0.3) is 11.5 Å². The van der Waals surface area contributed by atoms with E-state index in [2.05, 4.69) is 15.5 Å². The van der Waals surface area contributed by atoms with Gasteiger partial charge in [0.2, 0.25) is 0 Å². The number of H-pyrrole nitrogens is 1. The summed E-state index contributed by atoms with van der Waals surface area (Å²) in [5.74, 6) is 0.482. The number of para-hydroxylation sites is 1. The van der Waals surface area contributed by atoms with Crippen LogP contribution < -0.4 is 15.6 Å². The number of nitrogens with one attached hydrogen (secondary N) is 2. The first-order chi connectivity index (χ1) is 12.2. The van der Waals surface area contributed by atoms with Crippen LogP contribution in [0.4, 0.5) is 0 Å². The van der Waals surface area contributed by atoms with E-state index >= 15 is 0 Å². The van der Waals surface area contributed by atoms with E-state index in [-0.39, 0.29) is 28.8 Å². The molecule has 4 rings (SSSR count). The van der Waals surface area contributed by atoms with E-state index in [0.29, 0.717) is 19.6 Å². The SMILES string of the molecule is O=C(NC1CC2(CCOCC2)Oc2ccccc21)c1ccc(=O)[nH]n1. The summed E-state index contributed by atoms with van der Waals surface area (Å²) in [7, 11) is 0. The first kappa shape index (κ1) is 15.8. The number of hydrogen-bond donors (Lipinski definition) is 2. The van der Waals surface area contributed by atoms with Crippen LogP contribution >= 0.6 is 0 Å². The van der Waals surface area contributed by atoms with Gasteiger partial charge >= 0.3 is 0 Å².